The summed E-state index contributed by atoms with van der Waals surface area (Å²) in [5.41, 5.74) is 12.5. The summed E-state index contributed by atoms with van der Waals surface area (Å²) >= 11 is 7.69. The van der Waals surface area contributed by atoms with Crippen LogP contribution < -0.4 is 16.4 Å². The second kappa shape index (κ2) is 9.37. The van der Waals surface area contributed by atoms with Gasteiger partial charge < -0.3 is 21.3 Å². The molecule has 0 spiro atoms. The van der Waals surface area contributed by atoms with E-state index in [1.807, 2.05) is 0 Å². The molecule has 3 heterocycles. The predicted octanol–water partition coefficient (Wildman–Crippen LogP) is 1.78. The van der Waals surface area contributed by atoms with Gasteiger partial charge in [0.2, 0.25) is 5.78 Å². The lowest BCUT2D eigenvalue weighted by Crippen LogP contribution is -2.48. The third-order valence-corrected chi connectivity index (χ3v) is 6.69. The van der Waals surface area contributed by atoms with Crippen LogP contribution in [0.1, 0.15) is 25.5 Å². The molecule has 1 amide bonds. The second-order valence-corrected chi connectivity index (χ2v) is 9.44. The molecule has 166 valence electrons. The Kier molecular flexibility index (Phi) is 7.03. The zero-order valence-corrected chi connectivity index (χ0v) is 19.3. The Morgan fingerprint density at radius 1 is 1.29 bits per heavy atom. The molecule has 9 nitrogen and oxygen atoms in total. The van der Waals surface area contributed by atoms with Crippen LogP contribution in [0.15, 0.2) is 28.4 Å². The number of pyridine rings is 1. The van der Waals surface area contributed by atoms with Gasteiger partial charge in [0, 0.05) is 43.8 Å². The van der Waals surface area contributed by atoms with E-state index < -0.39 is 11.7 Å². The van der Waals surface area contributed by atoms with Gasteiger partial charge >= 0.3 is 0 Å². The fourth-order valence-electron chi connectivity index (χ4n) is 3.11. The number of Topliss-reactive ketones (excluding diaryl/α,β-unsaturated/α-hetero) is 1. The van der Waals surface area contributed by atoms with Crippen LogP contribution in [-0.2, 0) is 16.0 Å². The average Bonchev–Trinajstić information content (AvgIpc) is 2.71. The van der Waals surface area contributed by atoms with E-state index in [1.54, 1.807) is 12.3 Å². The molecule has 1 aliphatic heterocycles. The van der Waals surface area contributed by atoms with Crippen molar-refractivity contribution in [3.8, 4) is 0 Å². The number of halogens is 1. The fourth-order valence-corrected chi connectivity index (χ4v) is 4.21. The molecule has 0 unspecified atom stereocenters. The maximum atomic E-state index is 12.1. The van der Waals surface area contributed by atoms with Crippen LogP contribution in [0, 0.1) is 0 Å². The second-order valence-electron chi connectivity index (χ2n) is 8.03. The highest BCUT2D eigenvalue weighted by Gasteiger charge is 2.27. The number of hydrogen-bond acceptors (Lipinski definition) is 9. The number of likely N-dealkylation sites (N-methyl/N-ethyl adjacent to an activating group) is 1. The summed E-state index contributed by atoms with van der Waals surface area (Å²) in [6.45, 7) is 3.65. The van der Waals surface area contributed by atoms with Gasteiger partial charge in [-0.25, -0.2) is 9.97 Å². The SMILES string of the molecule is CN(C)C(=O)C(=O)Cc1nccc(Sc2ncc(N3CCC(C)(N)CC3)nc2N)c1Cl. The first-order valence-electron chi connectivity index (χ1n) is 9.79. The number of piperidine rings is 1. The standard InChI is InChI=1S/C20H26ClN7O2S/c1-20(23)5-8-28(9-6-20)15-11-25-18(17(22)26-15)31-14-4-7-24-12(16(14)21)10-13(29)19(30)27(2)3/h4,7,11H,5-6,8-10,23H2,1-3H3,(H2,22,26). The molecular weight excluding hydrogens is 438 g/mol. The van der Waals surface area contributed by atoms with E-state index in [-0.39, 0.29) is 22.8 Å². The number of nitrogens with zero attached hydrogens (tertiary/aromatic N) is 5. The summed E-state index contributed by atoms with van der Waals surface area (Å²) in [6, 6.07) is 1.70. The highest BCUT2D eigenvalue weighted by atomic mass is 35.5. The van der Waals surface area contributed by atoms with Gasteiger partial charge in [-0.05, 0) is 25.8 Å². The van der Waals surface area contributed by atoms with Crippen molar-refractivity contribution in [3.05, 3.63) is 29.2 Å². The molecule has 0 aliphatic carbocycles. The fraction of sp³-hybridized carbons (Fsp3) is 0.450. The van der Waals surface area contributed by atoms with Crippen molar-refractivity contribution in [2.75, 3.05) is 37.8 Å². The van der Waals surface area contributed by atoms with Gasteiger partial charge in [0.15, 0.2) is 5.82 Å². The minimum atomic E-state index is -0.603. The quantitative estimate of drug-likeness (QED) is 0.615. The Labute approximate surface area is 190 Å². The molecule has 2 aromatic rings. The summed E-state index contributed by atoms with van der Waals surface area (Å²) in [7, 11) is 3.04. The first kappa shape index (κ1) is 23.2. The van der Waals surface area contributed by atoms with Gasteiger partial charge in [0.25, 0.3) is 5.91 Å². The summed E-state index contributed by atoms with van der Waals surface area (Å²) in [5.74, 6) is -0.182. The average molecular weight is 464 g/mol. The largest absolute Gasteiger partial charge is 0.381 e. The third-order valence-electron chi connectivity index (χ3n) is 5.09. The third kappa shape index (κ3) is 5.63. The molecule has 31 heavy (non-hydrogen) atoms. The number of rotatable bonds is 6. The monoisotopic (exact) mass is 463 g/mol. The lowest BCUT2D eigenvalue weighted by molar-refractivity contribution is -0.142. The van der Waals surface area contributed by atoms with Gasteiger partial charge in [-0.1, -0.05) is 23.4 Å². The van der Waals surface area contributed by atoms with E-state index in [2.05, 4.69) is 26.8 Å². The van der Waals surface area contributed by atoms with E-state index in [0.717, 1.165) is 25.9 Å². The number of nitrogen functional groups attached to an aromatic ring is 1. The Balaban J connectivity index is 1.74. The lowest BCUT2D eigenvalue weighted by Gasteiger charge is -2.37. The molecule has 0 aromatic carbocycles. The number of anilines is 2. The highest BCUT2D eigenvalue weighted by Crippen LogP contribution is 2.36. The summed E-state index contributed by atoms with van der Waals surface area (Å²) < 4.78 is 0. The molecule has 2 aromatic heterocycles. The molecule has 0 bridgehead atoms. The summed E-state index contributed by atoms with van der Waals surface area (Å²) in [5, 5.41) is 0.787. The molecule has 1 fully saturated rings. The number of hydrogen-bond donors (Lipinski definition) is 2. The molecule has 11 heteroatoms. The number of aromatic nitrogens is 3. The number of amides is 1. The number of nitrogens with two attached hydrogens (primary N) is 2. The lowest BCUT2D eigenvalue weighted by atomic mass is 9.91. The van der Waals surface area contributed by atoms with Gasteiger partial charge in [-0.15, -0.1) is 0 Å². The maximum Gasteiger partial charge on any atom is 0.289 e. The molecule has 0 atom stereocenters. The molecule has 0 saturated carbocycles. The van der Waals surface area contributed by atoms with Crippen LogP contribution in [0.4, 0.5) is 11.6 Å². The summed E-state index contributed by atoms with van der Waals surface area (Å²) in [6.07, 6.45) is 4.78. The molecule has 0 radical (unpaired) electrons. The molecule has 3 rings (SSSR count). The van der Waals surface area contributed by atoms with Crippen LogP contribution >= 0.6 is 23.4 Å². The van der Waals surface area contributed by atoms with Gasteiger partial charge in [0.1, 0.15) is 10.8 Å². The van der Waals surface area contributed by atoms with Crippen molar-refractivity contribution < 1.29 is 9.59 Å². The van der Waals surface area contributed by atoms with Crippen molar-refractivity contribution >= 4 is 46.7 Å². The van der Waals surface area contributed by atoms with Gasteiger partial charge in [0.05, 0.1) is 23.3 Å². The zero-order chi connectivity index (χ0) is 22.8. The van der Waals surface area contributed by atoms with Crippen LogP contribution in [-0.4, -0.2) is 64.3 Å². The smallest absolute Gasteiger partial charge is 0.289 e. The van der Waals surface area contributed by atoms with Gasteiger partial charge in [-0.2, -0.15) is 0 Å². The Morgan fingerprint density at radius 2 is 1.97 bits per heavy atom. The minimum Gasteiger partial charge on any atom is -0.381 e. The van der Waals surface area contributed by atoms with E-state index >= 15 is 0 Å². The highest BCUT2D eigenvalue weighted by molar-refractivity contribution is 7.99. The van der Waals surface area contributed by atoms with Gasteiger partial charge in [-0.3, -0.25) is 14.6 Å². The molecule has 1 saturated heterocycles. The van der Waals surface area contributed by atoms with E-state index in [4.69, 9.17) is 23.1 Å². The summed E-state index contributed by atoms with van der Waals surface area (Å²) in [4.78, 5) is 41.0. The maximum absolute atomic E-state index is 12.1. The predicted molar refractivity (Wildman–Crippen MR) is 121 cm³/mol. The van der Waals surface area contributed by atoms with E-state index in [0.29, 0.717) is 21.4 Å². The number of carbonyl (C=O) groups is 2. The number of carbonyl (C=O) groups excluding carboxylic acids is 2. The minimum absolute atomic E-state index is 0.153. The normalized spacial score (nSPS) is 15.6. The van der Waals surface area contributed by atoms with Crippen molar-refractivity contribution in [2.45, 2.75) is 41.6 Å². The van der Waals surface area contributed by atoms with E-state index in [9.17, 15) is 9.59 Å². The Morgan fingerprint density at radius 3 is 2.58 bits per heavy atom. The van der Waals surface area contributed by atoms with Crippen LogP contribution in [0.3, 0.4) is 0 Å². The molecule has 4 N–H and O–H groups in total. The van der Waals surface area contributed by atoms with Crippen molar-refractivity contribution in [1.29, 1.82) is 0 Å². The first-order valence-corrected chi connectivity index (χ1v) is 11.0. The Hall–Kier alpha value is -2.43. The van der Waals surface area contributed by atoms with Crippen molar-refractivity contribution in [2.24, 2.45) is 5.73 Å². The molecular formula is C20H26ClN7O2S. The topological polar surface area (TPSA) is 131 Å². The Bertz CT molecular complexity index is 989. The van der Waals surface area contributed by atoms with Crippen molar-refractivity contribution in [1.82, 2.24) is 19.9 Å². The van der Waals surface area contributed by atoms with Crippen LogP contribution in [0.2, 0.25) is 5.02 Å². The zero-order valence-electron chi connectivity index (χ0n) is 17.8. The van der Waals surface area contributed by atoms with Crippen LogP contribution in [0.5, 0.6) is 0 Å². The number of ketones is 1. The van der Waals surface area contributed by atoms with Crippen LogP contribution in [0.25, 0.3) is 0 Å². The molecule has 1 aliphatic rings. The van der Waals surface area contributed by atoms with Crippen molar-refractivity contribution in [3.63, 3.8) is 0 Å². The first-order chi connectivity index (χ1) is 14.6. The van der Waals surface area contributed by atoms with E-state index in [1.165, 1.54) is 37.0 Å².